The fraction of sp³-hybridized carbons (Fsp3) is 0.125. The summed E-state index contributed by atoms with van der Waals surface area (Å²) in [5, 5.41) is 5.61. The Balaban J connectivity index is 1.35. The summed E-state index contributed by atoms with van der Waals surface area (Å²) in [6, 6.07) is 19.5. The normalized spacial score (nSPS) is 10.7. The number of nitrogens with one attached hydrogen (secondary N) is 2. The van der Waals surface area contributed by atoms with Crippen molar-refractivity contribution < 1.29 is 9.53 Å². The molecule has 0 aliphatic heterocycles. The third-order valence-electron chi connectivity index (χ3n) is 4.69. The van der Waals surface area contributed by atoms with E-state index in [1.165, 1.54) is 10.5 Å². The maximum atomic E-state index is 12.3. The lowest BCUT2D eigenvalue weighted by molar-refractivity contribution is 0.262. The molecule has 0 spiro atoms. The van der Waals surface area contributed by atoms with E-state index >= 15 is 0 Å². The highest BCUT2D eigenvalue weighted by atomic mass is 32.2. The topological polar surface area (TPSA) is 84.7 Å². The zero-order chi connectivity index (χ0) is 22.5. The van der Waals surface area contributed by atoms with Crippen molar-refractivity contribution in [3.05, 3.63) is 94.5 Å². The van der Waals surface area contributed by atoms with Gasteiger partial charge in [-0.3, -0.25) is 9.20 Å². The van der Waals surface area contributed by atoms with Crippen LogP contribution in [0, 0.1) is 6.92 Å². The Kier molecular flexibility index (Phi) is 6.42. The van der Waals surface area contributed by atoms with Crippen LogP contribution < -0.4 is 20.9 Å². The highest BCUT2D eigenvalue weighted by Crippen LogP contribution is 2.20. The van der Waals surface area contributed by atoms with Crippen molar-refractivity contribution in [1.82, 2.24) is 9.38 Å². The number of aryl methyl sites for hydroxylation is 1. The van der Waals surface area contributed by atoms with Crippen LogP contribution in [0.2, 0.25) is 0 Å². The number of carbonyl (C=O) groups is 1. The number of urea groups is 1. The molecule has 0 saturated carbocycles. The Morgan fingerprint density at radius 3 is 2.59 bits per heavy atom. The Bertz CT molecular complexity index is 1320. The first-order valence-corrected chi connectivity index (χ1v) is 11.2. The number of hydrogen-bond donors (Lipinski definition) is 2. The molecule has 2 amide bonds. The average Bonchev–Trinajstić information content (AvgIpc) is 2.79. The van der Waals surface area contributed by atoms with Crippen LogP contribution in [0.15, 0.2) is 82.6 Å². The number of amides is 2. The van der Waals surface area contributed by atoms with Gasteiger partial charge in [0.05, 0.1) is 5.69 Å². The quantitative estimate of drug-likeness (QED) is 0.410. The number of thioether (sulfide) groups is 1. The van der Waals surface area contributed by atoms with Crippen molar-refractivity contribution in [2.75, 3.05) is 16.9 Å². The Labute approximate surface area is 189 Å². The molecule has 0 unspecified atom stereocenters. The van der Waals surface area contributed by atoms with E-state index in [9.17, 15) is 9.59 Å². The third kappa shape index (κ3) is 5.28. The number of pyridine rings is 1. The summed E-state index contributed by atoms with van der Waals surface area (Å²) >= 11 is 1.61. The molecule has 32 heavy (non-hydrogen) atoms. The molecule has 0 bridgehead atoms. The SMILES string of the molecule is CSc1cccc(NC(=O)Nc2ccc(OCc3cc(=O)n4cc(C)ccc4n3)cc2)c1. The highest BCUT2D eigenvalue weighted by molar-refractivity contribution is 7.98. The Morgan fingerprint density at radius 2 is 1.81 bits per heavy atom. The predicted molar refractivity (Wildman–Crippen MR) is 128 cm³/mol. The Morgan fingerprint density at radius 1 is 1.03 bits per heavy atom. The van der Waals surface area contributed by atoms with Crippen LogP contribution in [0.5, 0.6) is 5.75 Å². The molecule has 7 nitrogen and oxygen atoms in total. The molecule has 2 N–H and O–H groups in total. The van der Waals surface area contributed by atoms with E-state index in [2.05, 4.69) is 15.6 Å². The molecule has 0 saturated heterocycles. The van der Waals surface area contributed by atoms with E-state index in [1.54, 1.807) is 42.2 Å². The van der Waals surface area contributed by atoms with Gasteiger partial charge in [-0.1, -0.05) is 12.1 Å². The van der Waals surface area contributed by atoms with Crippen molar-refractivity contribution in [3.63, 3.8) is 0 Å². The van der Waals surface area contributed by atoms with Gasteiger partial charge in [-0.25, -0.2) is 9.78 Å². The minimum Gasteiger partial charge on any atom is -0.487 e. The van der Waals surface area contributed by atoms with Crippen LogP contribution in [0.1, 0.15) is 11.3 Å². The molecule has 0 radical (unpaired) electrons. The largest absolute Gasteiger partial charge is 0.487 e. The number of fused-ring (bicyclic) bond motifs is 1. The van der Waals surface area contributed by atoms with Crippen molar-refractivity contribution in [2.24, 2.45) is 0 Å². The standard InChI is InChI=1S/C24H22N4O3S/c1-16-6-11-22-25-19(13-23(29)28(22)14-16)15-31-20-9-7-17(8-10-20)26-24(30)27-18-4-3-5-21(12-18)32-2/h3-14H,15H2,1-2H3,(H2,26,27,30). The lowest BCUT2D eigenvalue weighted by atomic mass is 10.3. The zero-order valence-corrected chi connectivity index (χ0v) is 18.5. The van der Waals surface area contributed by atoms with Gasteiger partial charge >= 0.3 is 6.03 Å². The predicted octanol–water partition coefficient (Wildman–Crippen LogP) is 4.95. The van der Waals surface area contributed by atoms with Gasteiger partial charge in [0.1, 0.15) is 18.0 Å². The van der Waals surface area contributed by atoms with E-state index in [1.807, 2.05) is 49.6 Å². The van der Waals surface area contributed by atoms with Crippen molar-refractivity contribution in [3.8, 4) is 5.75 Å². The lowest BCUT2D eigenvalue weighted by Gasteiger charge is -2.10. The minimum atomic E-state index is -0.326. The van der Waals surface area contributed by atoms with E-state index in [0.717, 1.165) is 16.1 Å². The van der Waals surface area contributed by atoms with Gasteiger partial charge < -0.3 is 15.4 Å². The summed E-state index contributed by atoms with van der Waals surface area (Å²) in [6.45, 7) is 2.09. The van der Waals surface area contributed by atoms with Crippen molar-refractivity contribution >= 4 is 34.8 Å². The van der Waals surface area contributed by atoms with E-state index in [-0.39, 0.29) is 18.2 Å². The summed E-state index contributed by atoms with van der Waals surface area (Å²) in [5.41, 5.74) is 3.33. The van der Waals surface area contributed by atoms with Crippen LogP contribution in [0.3, 0.4) is 0 Å². The van der Waals surface area contributed by atoms with E-state index in [0.29, 0.717) is 22.8 Å². The van der Waals surface area contributed by atoms with Gasteiger partial charge in [0, 0.05) is 28.5 Å². The lowest BCUT2D eigenvalue weighted by Crippen LogP contribution is -2.19. The second-order valence-corrected chi connectivity index (χ2v) is 8.02. The van der Waals surface area contributed by atoms with Crippen molar-refractivity contribution in [2.45, 2.75) is 18.4 Å². The molecule has 4 aromatic rings. The third-order valence-corrected chi connectivity index (χ3v) is 5.41. The molecule has 2 heterocycles. The molecular weight excluding hydrogens is 424 g/mol. The molecule has 4 rings (SSSR count). The number of nitrogens with zero attached hydrogens (tertiary/aromatic N) is 2. The van der Waals surface area contributed by atoms with E-state index in [4.69, 9.17) is 4.74 Å². The van der Waals surface area contributed by atoms with Gasteiger partial charge in [0.2, 0.25) is 0 Å². The van der Waals surface area contributed by atoms with Gasteiger partial charge in [0.15, 0.2) is 0 Å². The van der Waals surface area contributed by atoms with Gasteiger partial charge in [0.25, 0.3) is 5.56 Å². The maximum absolute atomic E-state index is 12.3. The van der Waals surface area contributed by atoms with Gasteiger partial charge in [-0.2, -0.15) is 0 Å². The molecule has 0 fully saturated rings. The van der Waals surface area contributed by atoms with Crippen LogP contribution in [0.25, 0.3) is 5.65 Å². The number of carbonyl (C=O) groups excluding carboxylic acids is 1. The second-order valence-electron chi connectivity index (χ2n) is 7.14. The monoisotopic (exact) mass is 446 g/mol. The number of rotatable bonds is 6. The molecule has 8 heteroatoms. The van der Waals surface area contributed by atoms with Crippen LogP contribution in [0.4, 0.5) is 16.2 Å². The average molecular weight is 447 g/mol. The molecule has 2 aromatic heterocycles. The number of benzene rings is 2. The van der Waals surface area contributed by atoms with Crippen LogP contribution >= 0.6 is 11.8 Å². The highest BCUT2D eigenvalue weighted by Gasteiger charge is 2.06. The number of hydrogen-bond acceptors (Lipinski definition) is 5. The van der Waals surface area contributed by atoms with Gasteiger partial charge in [-0.05, 0) is 67.3 Å². The Hall–Kier alpha value is -3.78. The number of anilines is 2. The zero-order valence-electron chi connectivity index (χ0n) is 17.7. The maximum Gasteiger partial charge on any atom is 0.323 e. The van der Waals surface area contributed by atoms with Gasteiger partial charge in [-0.15, -0.1) is 11.8 Å². The number of aromatic nitrogens is 2. The second kappa shape index (κ2) is 9.57. The fourth-order valence-electron chi connectivity index (χ4n) is 3.12. The molecule has 0 aliphatic rings. The summed E-state index contributed by atoms with van der Waals surface area (Å²) in [6.07, 6.45) is 3.74. The minimum absolute atomic E-state index is 0.147. The first-order chi connectivity index (χ1) is 15.5. The first kappa shape index (κ1) is 21.5. The first-order valence-electron chi connectivity index (χ1n) is 9.94. The summed E-state index contributed by atoms with van der Waals surface area (Å²) < 4.78 is 7.28. The summed E-state index contributed by atoms with van der Waals surface area (Å²) in [5.74, 6) is 0.606. The summed E-state index contributed by atoms with van der Waals surface area (Å²) in [4.78, 5) is 30.1. The number of ether oxygens (including phenoxy) is 1. The molecule has 162 valence electrons. The van der Waals surface area contributed by atoms with Crippen LogP contribution in [-0.4, -0.2) is 21.7 Å². The summed E-state index contributed by atoms with van der Waals surface area (Å²) in [7, 11) is 0. The van der Waals surface area contributed by atoms with Crippen LogP contribution in [-0.2, 0) is 6.61 Å². The smallest absolute Gasteiger partial charge is 0.323 e. The molecule has 2 aromatic carbocycles. The van der Waals surface area contributed by atoms with E-state index < -0.39 is 0 Å². The molecule has 0 atom stereocenters. The molecule has 0 aliphatic carbocycles. The fourth-order valence-corrected chi connectivity index (χ4v) is 3.58. The van der Waals surface area contributed by atoms with Crippen molar-refractivity contribution in [1.29, 1.82) is 0 Å². The molecular formula is C24H22N4O3S.